The molecule has 2 aromatic rings. The van der Waals surface area contributed by atoms with Crippen LogP contribution in [-0.2, 0) is 11.3 Å². The summed E-state index contributed by atoms with van der Waals surface area (Å²) in [6, 6.07) is 8.20. The molecule has 9 heteroatoms. The van der Waals surface area contributed by atoms with Crippen molar-refractivity contribution < 1.29 is 14.5 Å². The number of amides is 2. The van der Waals surface area contributed by atoms with Crippen LogP contribution in [0.1, 0.15) is 22.8 Å². The summed E-state index contributed by atoms with van der Waals surface area (Å²) < 4.78 is 0. The predicted octanol–water partition coefficient (Wildman–Crippen LogP) is 1.93. The van der Waals surface area contributed by atoms with Crippen molar-refractivity contribution in [2.45, 2.75) is 13.5 Å². The molecule has 29 heavy (non-hydrogen) atoms. The molecule has 1 aliphatic rings. The number of pyridine rings is 1. The summed E-state index contributed by atoms with van der Waals surface area (Å²) in [5.74, 6) is -0.296. The molecule has 9 nitrogen and oxygen atoms in total. The molecule has 2 heterocycles. The van der Waals surface area contributed by atoms with Crippen molar-refractivity contribution in [2.75, 3.05) is 38.1 Å². The van der Waals surface area contributed by atoms with Crippen molar-refractivity contribution >= 4 is 23.2 Å². The third-order valence-corrected chi connectivity index (χ3v) is 5.00. The Bertz CT molecular complexity index is 910. The third-order valence-electron chi connectivity index (χ3n) is 5.00. The Balaban J connectivity index is 1.78. The maximum Gasteiger partial charge on any atom is 0.293 e. The zero-order valence-electron chi connectivity index (χ0n) is 16.4. The van der Waals surface area contributed by atoms with Gasteiger partial charge in [0.2, 0.25) is 5.91 Å². The smallest absolute Gasteiger partial charge is 0.293 e. The maximum atomic E-state index is 12.8. The fraction of sp³-hybridized carbons (Fsp3) is 0.350. The first-order chi connectivity index (χ1) is 13.9. The monoisotopic (exact) mass is 397 g/mol. The number of rotatable bonds is 5. The molecule has 0 saturated carbocycles. The normalized spacial score (nSPS) is 13.9. The lowest BCUT2D eigenvalue weighted by molar-refractivity contribution is -0.384. The highest BCUT2D eigenvalue weighted by Crippen LogP contribution is 2.30. The van der Waals surface area contributed by atoms with E-state index in [1.165, 1.54) is 17.9 Å². The van der Waals surface area contributed by atoms with Crippen LogP contribution in [0.25, 0.3) is 0 Å². The minimum atomic E-state index is -0.466. The molecule has 1 aromatic heterocycles. The van der Waals surface area contributed by atoms with Gasteiger partial charge in [0.1, 0.15) is 5.69 Å². The van der Waals surface area contributed by atoms with Crippen molar-refractivity contribution in [3.63, 3.8) is 0 Å². The Kier molecular flexibility index (Phi) is 6.06. The molecule has 0 spiro atoms. The Hall–Kier alpha value is -3.49. The van der Waals surface area contributed by atoms with E-state index in [-0.39, 0.29) is 23.1 Å². The number of piperazine rings is 1. The van der Waals surface area contributed by atoms with Gasteiger partial charge < -0.3 is 14.7 Å². The first-order valence-electron chi connectivity index (χ1n) is 9.30. The van der Waals surface area contributed by atoms with Gasteiger partial charge in [0, 0.05) is 70.7 Å². The lowest BCUT2D eigenvalue weighted by Crippen LogP contribution is -2.48. The van der Waals surface area contributed by atoms with E-state index >= 15 is 0 Å². The minimum absolute atomic E-state index is 0.00247. The fourth-order valence-corrected chi connectivity index (χ4v) is 3.39. The fourth-order valence-electron chi connectivity index (χ4n) is 3.39. The Labute approximate surface area is 168 Å². The molecule has 2 amide bonds. The van der Waals surface area contributed by atoms with Gasteiger partial charge in [-0.3, -0.25) is 24.7 Å². The second-order valence-electron chi connectivity index (χ2n) is 6.97. The molecule has 0 unspecified atom stereocenters. The highest BCUT2D eigenvalue weighted by atomic mass is 16.6. The first-order valence-corrected chi connectivity index (χ1v) is 9.30. The third kappa shape index (κ3) is 4.68. The zero-order valence-corrected chi connectivity index (χ0v) is 16.4. The van der Waals surface area contributed by atoms with Gasteiger partial charge >= 0.3 is 0 Å². The van der Waals surface area contributed by atoms with E-state index in [1.807, 2.05) is 17.0 Å². The molecular formula is C20H23N5O4. The number of carbonyl (C=O) groups is 2. The largest absolute Gasteiger partial charge is 0.362 e. The van der Waals surface area contributed by atoms with E-state index < -0.39 is 4.92 Å². The zero-order chi connectivity index (χ0) is 21.0. The molecule has 1 aromatic carbocycles. The van der Waals surface area contributed by atoms with Gasteiger partial charge in [-0.2, -0.15) is 0 Å². The summed E-state index contributed by atoms with van der Waals surface area (Å²) in [6.45, 7) is 3.94. The molecule has 0 radical (unpaired) electrons. The second-order valence-corrected chi connectivity index (χ2v) is 6.97. The van der Waals surface area contributed by atoms with Crippen LogP contribution < -0.4 is 4.90 Å². The minimum Gasteiger partial charge on any atom is -0.362 e. The highest BCUT2D eigenvalue weighted by molar-refractivity contribution is 5.95. The molecule has 1 saturated heterocycles. The van der Waals surface area contributed by atoms with Gasteiger partial charge in [-0.15, -0.1) is 0 Å². The molecular weight excluding hydrogens is 374 g/mol. The van der Waals surface area contributed by atoms with Crippen molar-refractivity contribution in [2.24, 2.45) is 0 Å². The summed E-state index contributed by atoms with van der Waals surface area (Å²) in [5, 5.41) is 11.7. The van der Waals surface area contributed by atoms with Crippen LogP contribution in [0.4, 0.5) is 11.4 Å². The van der Waals surface area contributed by atoms with Crippen LogP contribution in [-0.4, -0.2) is 64.7 Å². The lowest BCUT2D eigenvalue weighted by atomic mass is 10.1. The predicted molar refractivity (Wildman–Crippen MR) is 108 cm³/mol. The molecule has 1 aliphatic heterocycles. The Morgan fingerprint density at radius 3 is 2.38 bits per heavy atom. The van der Waals surface area contributed by atoms with Gasteiger partial charge in [-0.1, -0.05) is 0 Å². The van der Waals surface area contributed by atoms with Crippen molar-refractivity contribution in [1.82, 2.24) is 14.8 Å². The second kappa shape index (κ2) is 8.68. The number of hydrogen-bond donors (Lipinski definition) is 0. The number of hydrogen-bond acceptors (Lipinski definition) is 6. The molecule has 0 N–H and O–H groups in total. The first kappa shape index (κ1) is 20.2. The summed E-state index contributed by atoms with van der Waals surface area (Å²) >= 11 is 0. The van der Waals surface area contributed by atoms with Crippen molar-refractivity contribution in [3.8, 4) is 0 Å². The summed E-state index contributed by atoms with van der Waals surface area (Å²) in [5.41, 5.74) is 1.54. The van der Waals surface area contributed by atoms with Gasteiger partial charge in [0.15, 0.2) is 0 Å². The number of anilines is 1. The van der Waals surface area contributed by atoms with Crippen molar-refractivity contribution in [3.05, 3.63) is 64.0 Å². The standard InChI is InChI=1S/C20H23N5O4/c1-15(26)23-9-11-24(12-10-23)18-4-3-17(13-19(18)25(28)29)20(27)22(2)14-16-5-7-21-8-6-16/h3-8,13H,9-12,14H2,1-2H3. The van der Waals surface area contributed by atoms with E-state index in [0.717, 1.165) is 5.56 Å². The van der Waals surface area contributed by atoms with E-state index in [2.05, 4.69) is 4.98 Å². The van der Waals surface area contributed by atoms with Crippen LogP contribution in [0.2, 0.25) is 0 Å². The number of benzene rings is 1. The van der Waals surface area contributed by atoms with Crippen LogP contribution in [0.15, 0.2) is 42.7 Å². The molecule has 152 valence electrons. The average molecular weight is 397 g/mol. The highest BCUT2D eigenvalue weighted by Gasteiger charge is 2.26. The van der Waals surface area contributed by atoms with Crippen molar-refractivity contribution in [1.29, 1.82) is 0 Å². The van der Waals surface area contributed by atoms with Crippen LogP contribution in [0, 0.1) is 10.1 Å². The molecule has 1 fully saturated rings. The van der Waals surface area contributed by atoms with Gasteiger partial charge in [0.25, 0.3) is 11.6 Å². The van der Waals surface area contributed by atoms with E-state index in [4.69, 9.17) is 0 Å². The van der Waals surface area contributed by atoms with Gasteiger partial charge in [-0.05, 0) is 29.8 Å². The SMILES string of the molecule is CC(=O)N1CCN(c2ccc(C(=O)N(C)Cc3ccncc3)cc2[N+](=O)[O-])CC1. The summed E-state index contributed by atoms with van der Waals surface area (Å²) in [6.07, 6.45) is 3.30. The van der Waals surface area contributed by atoms with E-state index in [0.29, 0.717) is 38.4 Å². The van der Waals surface area contributed by atoms with Gasteiger partial charge in [-0.25, -0.2) is 0 Å². The number of nitro benzene ring substituents is 1. The average Bonchev–Trinajstić information content (AvgIpc) is 2.73. The quantitative estimate of drug-likeness (QED) is 0.565. The molecule has 0 atom stereocenters. The molecule has 3 rings (SSSR count). The van der Waals surface area contributed by atoms with Gasteiger partial charge in [0.05, 0.1) is 4.92 Å². The van der Waals surface area contributed by atoms with Crippen LogP contribution >= 0.6 is 0 Å². The van der Waals surface area contributed by atoms with E-state index in [1.54, 1.807) is 36.5 Å². The topological polar surface area (TPSA) is 99.9 Å². The van der Waals surface area contributed by atoms with Crippen LogP contribution in [0.3, 0.4) is 0 Å². The summed E-state index contributed by atoms with van der Waals surface area (Å²) in [7, 11) is 1.66. The summed E-state index contributed by atoms with van der Waals surface area (Å²) in [4.78, 5) is 44.5. The number of carbonyl (C=O) groups excluding carboxylic acids is 2. The number of nitrogens with zero attached hydrogens (tertiary/aromatic N) is 5. The molecule has 0 bridgehead atoms. The lowest BCUT2D eigenvalue weighted by Gasteiger charge is -2.35. The number of nitro groups is 1. The van der Waals surface area contributed by atoms with Crippen LogP contribution in [0.5, 0.6) is 0 Å². The Morgan fingerprint density at radius 1 is 1.14 bits per heavy atom. The molecule has 0 aliphatic carbocycles. The Morgan fingerprint density at radius 2 is 1.79 bits per heavy atom. The van der Waals surface area contributed by atoms with E-state index in [9.17, 15) is 19.7 Å². The maximum absolute atomic E-state index is 12.8. The number of aromatic nitrogens is 1.